The number of phenolic OH excluding ortho intramolecular Hbond substituents is 1. The van der Waals surface area contributed by atoms with Crippen molar-refractivity contribution in [3.8, 4) is 28.3 Å². The highest BCUT2D eigenvalue weighted by Crippen LogP contribution is 2.36. The van der Waals surface area contributed by atoms with Crippen LogP contribution in [-0.2, 0) is 0 Å². The predicted octanol–water partition coefficient (Wildman–Crippen LogP) is 9.52. The number of nitrogens with zero attached hydrogens (tertiary/aromatic N) is 1. The van der Waals surface area contributed by atoms with Crippen molar-refractivity contribution >= 4 is 35.5 Å². The second-order valence-corrected chi connectivity index (χ2v) is 9.59. The topological polar surface area (TPSA) is 103 Å². The van der Waals surface area contributed by atoms with Crippen LogP contribution in [-0.4, -0.2) is 31.9 Å². The van der Waals surface area contributed by atoms with Gasteiger partial charge < -0.3 is 15.2 Å². The first-order valence-corrected chi connectivity index (χ1v) is 13.8. The van der Waals surface area contributed by atoms with E-state index in [1.165, 1.54) is 30.7 Å². The van der Waals surface area contributed by atoms with E-state index in [2.05, 4.69) is 36.5 Å². The fraction of sp³-hybridized carbons (Fsp3) is 0.206. The van der Waals surface area contributed by atoms with Crippen LogP contribution in [0, 0.1) is 0 Å². The van der Waals surface area contributed by atoms with Crippen LogP contribution in [0.3, 0.4) is 0 Å². The number of carbonyl (C=O) groups is 2. The molecule has 214 valence electrons. The second kappa shape index (κ2) is 15.4. The lowest BCUT2D eigenvalue weighted by Crippen LogP contribution is -2.04. The molecule has 0 bridgehead atoms. The number of aromatic hydroxyl groups is 1. The van der Waals surface area contributed by atoms with Crippen LogP contribution in [0.5, 0.6) is 5.75 Å². The largest absolute Gasteiger partial charge is 0.508 e. The number of carbonyl (C=O) groups excluding carboxylic acids is 1. The van der Waals surface area contributed by atoms with E-state index >= 15 is 0 Å². The van der Waals surface area contributed by atoms with Gasteiger partial charge in [0.05, 0.1) is 17.0 Å². The molecule has 0 aliphatic heterocycles. The van der Waals surface area contributed by atoms with E-state index < -0.39 is 5.97 Å². The summed E-state index contributed by atoms with van der Waals surface area (Å²) in [5.74, 6) is -0.334. The number of carboxylic acid groups (broad SMARTS) is 1. The molecule has 7 heteroatoms. The van der Waals surface area contributed by atoms with Crippen molar-refractivity contribution in [3.05, 3.63) is 106 Å². The SMILES string of the molecule is C=Cc1nc(-c2ccc(O)cc2-c2ccc(C(C)=O)cc2C(=O)O)[nH]c1/C=C\C.CC.CC(C)c1cccc(Cl)c1. The van der Waals surface area contributed by atoms with Gasteiger partial charge in [0.2, 0.25) is 0 Å². The van der Waals surface area contributed by atoms with Crippen molar-refractivity contribution in [2.45, 2.75) is 47.5 Å². The Morgan fingerprint density at radius 2 is 1.68 bits per heavy atom. The lowest BCUT2D eigenvalue weighted by Gasteiger charge is -2.12. The molecule has 41 heavy (non-hydrogen) atoms. The number of rotatable bonds is 7. The average Bonchev–Trinajstić information content (AvgIpc) is 3.36. The number of ketones is 1. The monoisotopic (exact) mass is 572 g/mol. The molecule has 4 aromatic rings. The average molecular weight is 573 g/mol. The number of halogens is 1. The van der Waals surface area contributed by atoms with Gasteiger partial charge in [-0.15, -0.1) is 0 Å². The van der Waals surface area contributed by atoms with Crippen LogP contribution >= 0.6 is 11.6 Å². The van der Waals surface area contributed by atoms with Gasteiger partial charge in [-0.2, -0.15) is 0 Å². The number of hydrogen-bond acceptors (Lipinski definition) is 4. The number of imidazole rings is 1. The van der Waals surface area contributed by atoms with E-state index in [9.17, 15) is 19.8 Å². The maximum absolute atomic E-state index is 11.9. The number of allylic oxidation sites excluding steroid dienone is 1. The first-order chi connectivity index (χ1) is 19.5. The number of H-pyrrole nitrogens is 1. The molecule has 0 radical (unpaired) electrons. The summed E-state index contributed by atoms with van der Waals surface area (Å²) in [5, 5.41) is 20.6. The molecule has 0 amide bonds. The number of aromatic nitrogens is 2. The molecule has 3 N–H and O–H groups in total. The van der Waals surface area contributed by atoms with E-state index in [1.807, 2.05) is 51.1 Å². The third kappa shape index (κ3) is 8.53. The minimum atomic E-state index is -1.17. The number of hydrogen-bond donors (Lipinski definition) is 3. The van der Waals surface area contributed by atoms with Crippen LogP contribution in [0.2, 0.25) is 5.02 Å². The van der Waals surface area contributed by atoms with Crippen molar-refractivity contribution in [1.29, 1.82) is 0 Å². The summed E-state index contributed by atoms with van der Waals surface area (Å²) < 4.78 is 0. The lowest BCUT2D eigenvalue weighted by atomic mass is 9.92. The zero-order valence-electron chi connectivity index (χ0n) is 24.3. The number of Topliss-reactive ketones (excluding diaryl/α,β-unsaturated/α-hetero) is 1. The Morgan fingerprint density at radius 3 is 2.22 bits per heavy atom. The third-order valence-corrected chi connectivity index (χ3v) is 6.24. The molecule has 0 spiro atoms. The highest BCUT2D eigenvalue weighted by molar-refractivity contribution is 6.30. The summed E-state index contributed by atoms with van der Waals surface area (Å²) in [4.78, 5) is 31.3. The molecule has 0 aliphatic carbocycles. The summed E-state index contributed by atoms with van der Waals surface area (Å²) in [6, 6.07) is 17.1. The van der Waals surface area contributed by atoms with E-state index in [0.29, 0.717) is 39.7 Å². The number of phenols is 1. The molecule has 0 fully saturated rings. The molecule has 6 nitrogen and oxygen atoms in total. The van der Waals surface area contributed by atoms with Gasteiger partial charge >= 0.3 is 5.97 Å². The Labute approximate surface area is 247 Å². The Bertz CT molecular complexity index is 1550. The van der Waals surface area contributed by atoms with Crippen LogP contribution in [0.4, 0.5) is 0 Å². The normalized spacial score (nSPS) is 10.4. The van der Waals surface area contributed by atoms with Gasteiger partial charge in [-0.05, 0) is 85.0 Å². The minimum absolute atomic E-state index is 0.0140. The number of carboxylic acids is 1. The van der Waals surface area contributed by atoms with Gasteiger partial charge in [0, 0.05) is 16.1 Å². The van der Waals surface area contributed by atoms with E-state index in [-0.39, 0.29) is 17.1 Å². The van der Waals surface area contributed by atoms with Crippen LogP contribution < -0.4 is 0 Å². The molecule has 1 aromatic heterocycles. The van der Waals surface area contributed by atoms with Gasteiger partial charge in [0.15, 0.2) is 5.78 Å². The fourth-order valence-electron chi connectivity index (χ4n) is 3.98. The smallest absolute Gasteiger partial charge is 0.336 e. The number of aromatic carboxylic acids is 1. The molecular formula is C34H37ClN2O4. The van der Waals surface area contributed by atoms with Gasteiger partial charge in [-0.3, -0.25) is 4.79 Å². The van der Waals surface area contributed by atoms with Gasteiger partial charge in [-0.25, -0.2) is 9.78 Å². The van der Waals surface area contributed by atoms with E-state index in [0.717, 1.165) is 10.7 Å². The number of benzene rings is 3. The first-order valence-electron chi connectivity index (χ1n) is 13.4. The van der Waals surface area contributed by atoms with Crippen molar-refractivity contribution < 1.29 is 19.8 Å². The fourth-order valence-corrected chi connectivity index (χ4v) is 4.18. The van der Waals surface area contributed by atoms with Gasteiger partial charge in [0.25, 0.3) is 0 Å². The summed E-state index contributed by atoms with van der Waals surface area (Å²) in [6.07, 6.45) is 5.35. The van der Waals surface area contributed by atoms with Crippen molar-refractivity contribution in [2.24, 2.45) is 0 Å². The van der Waals surface area contributed by atoms with E-state index in [1.54, 1.807) is 24.3 Å². The Kier molecular flexibility index (Phi) is 12.3. The molecule has 0 unspecified atom stereocenters. The Morgan fingerprint density at radius 1 is 1.00 bits per heavy atom. The summed E-state index contributed by atoms with van der Waals surface area (Å²) in [5.41, 5.74) is 4.45. The summed E-state index contributed by atoms with van der Waals surface area (Å²) >= 11 is 5.79. The van der Waals surface area contributed by atoms with Crippen LogP contribution in [0.25, 0.3) is 34.7 Å². The molecule has 3 aromatic carbocycles. The molecule has 0 saturated heterocycles. The molecular weight excluding hydrogens is 536 g/mol. The lowest BCUT2D eigenvalue weighted by molar-refractivity contribution is 0.0697. The van der Waals surface area contributed by atoms with Gasteiger partial charge in [0.1, 0.15) is 11.6 Å². The zero-order chi connectivity index (χ0) is 30.7. The third-order valence-electron chi connectivity index (χ3n) is 6.01. The minimum Gasteiger partial charge on any atom is -0.508 e. The van der Waals surface area contributed by atoms with Gasteiger partial charge in [-0.1, -0.05) is 76.2 Å². The number of aromatic amines is 1. The quantitative estimate of drug-likeness (QED) is 0.191. The van der Waals surface area contributed by atoms with Crippen molar-refractivity contribution in [2.75, 3.05) is 0 Å². The predicted molar refractivity (Wildman–Crippen MR) is 170 cm³/mol. The summed E-state index contributed by atoms with van der Waals surface area (Å²) in [7, 11) is 0. The standard InChI is InChI=1S/C23H20N2O4.C9H11Cl.C2H6/c1-4-6-21-20(5-2)24-22(25-21)17-10-8-15(27)12-18(17)16-9-7-14(13(3)26)11-19(16)23(28)29;1-7(2)8-4-3-5-9(10)6-8;1-2/h4-12,27H,2H2,1,3H3,(H,24,25)(H,28,29);3-7H,1-2H3;1-2H3/b6-4-;;. The van der Waals surface area contributed by atoms with Crippen LogP contribution in [0.1, 0.15) is 85.1 Å². The van der Waals surface area contributed by atoms with Crippen molar-refractivity contribution in [3.63, 3.8) is 0 Å². The molecule has 0 saturated carbocycles. The maximum atomic E-state index is 11.9. The molecule has 1 heterocycles. The first kappa shape index (κ1) is 32.8. The zero-order valence-corrected chi connectivity index (χ0v) is 25.1. The van der Waals surface area contributed by atoms with E-state index in [4.69, 9.17) is 11.6 Å². The molecule has 0 atom stereocenters. The highest BCUT2D eigenvalue weighted by Gasteiger charge is 2.20. The second-order valence-electron chi connectivity index (χ2n) is 9.15. The Balaban J connectivity index is 0.000000410. The van der Waals surface area contributed by atoms with Crippen molar-refractivity contribution in [1.82, 2.24) is 9.97 Å². The summed E-state index contributed by atoms with van der Waals surface area (Å²) in [6.45, 7) is 15.4. The number of nitrogens with one attached hydrogen (secondary N) is 1. The maximum Gasteiger partial charge on any atom is 0.336 e. The molecule has 4 rings (SSSR count). The Hall–Kier alpha value is -4.42. The highest BCUT2D eigenvalue weighted by atomic mass is 35.5. The van der Waals surface area contributed by atoms with Crippen LogP contribution in [0.15, 0.2) is 73.3 Å². The molecule has 0 aliphatic rings.